The minimum Gasteiger partial charge on any atom is -0.369 e. The molecule has 0 spiro atoms. The van der Waals surface area contributed by atoms with Gasteiger partial charge in [0.2, 0.25) is 5.95 Å². The Balaban J connectivity index is 2.07. The molecule has 2 atom stereocenters. The van der Waals surface area contributed by atoms with Crippen LogP contribution in [0.25, 0.3) is 11.0 Å². The zero-order valence-corrected chi connectivity index (χ0v) is 12.2. The maximum absolute atomic E-state index is 13.6. The predicted octanol–water partition coefficient (Wildman–Crippen LogP) is 2.72. The van der Waals surface area contributed by atoms with Gasteiger partial charge in [0, 0.05) is 24.7 Å². The molecule has 108 valence electrons. The Bertz CT molecular complexity index is 649. The molecule has 0 saturated carbocycles. The monoisotopic (exact) mass is 276 g/mol. The summed E-state index contributed by atoms with van der Waals surface area (Å²) in [6.45, 7) is 5.05. The lowest BCUT2D eigenvalue weighted by atomic mass is 9.98. The fourth-order valence-electron chi connectivity index (χ4n) is 3.12. The zero-order chi connectivity index (χ0) is 14.4. The van der Waals surface area contributed by atoms with Crippen LogP contribution < -0.4 is 5.73 Å². The van der Waals surface area contributed by atoms with Gasteiger partial charge in [0.15, 0.2) is 0 Å². The van der Waals surface area contributed by atoms with E-state index in [1.54, 1.807) is 6.92 Å². The van der Waals surface area contributed by atoms with Gasteiger partial charge in [0.05, 0.1) is 11.0 Å². The van der Waals surface area contributed by atoms with Crippen LogP contribution in [-0.2, 0) is 0 Å². The average molecular weight is 276 g/mol. The van der Waals surface area contributed by atoms with Crippen molar-refractivity contribution in [3.63, 3.8) is 0 Å². The summed E-state index contributed by atoms with van der Waals surface area (Å²) in [5, 5.41) is 0. The summed E-state index contributed by atoms with van der Waals surface area (Å²) >= 11 is 0. The number of piperidine rings is 1. The van der Waals surface area contributed by atoms with Crippen molar-refractivity contribution in [1.29, 1.82) is 0 Å². The highest BCUT2D eigenvalue weighted by atomic mass is 19.1. The second-order valence-electron chi connectivity index (χ2n) is 5.94. The van der Waals surface area contributed by atoms with Crippen molar-refractivity contribution in [3.05, 3.63) is 23.5 Å². The van der Waals surface area contributed by atoms with E-state index in [0.29, 0.717) is 29.1 Å². The Hall–Kier alpha value is -1.62. The minimum atomic E-state index is -0.223. The van der Waals surface area contributed by atoms with Crippen molar-refractivity contribution in [2.45, 2.75) is 38.8 Å². The number of nitrogens with two attached hydrogens (primary N) is 1. The number of imidazole rings is 1. The van der Waals surface area contributed by atoms with Crippen molar-refractivity contribution in [3.8, 4) is 0 Å². The molecular weight excluding hydrogens is 255 g/mol. The summed E-state index contributed by atoms with van der Waals surface area (Å²) in [7, 11) is 2.15. The third-order valence-corrected chi connectivity index (χ3v) is 4.54. The number of hydrogen-bond acceptors (Lipinski definition) is 3. The number of halogens is 1. The Morgan fingerprint density at radius 1 is 1.40 bits per heavy atom. The van der Waals surface area contributed by atoms with Gasteiger partial charge in [-0.15, -0.1) is 0 Å². The second-order valence-corrected chi connectivity index (χ2v) is 5.94. The largest absolute Gasteiger partial charge is 0.369 e. The van der Waals surface area contributed by atoms with Gasteiger partial charge in [0.25, 0.3) is 0 Å². The van der Waals surface area contributed by atoms with Crippen molar-refractivity contribution < 1.29 is 4.39 Å². The molecule has 1 aliphatic rings. The number of aromatic nitrogens is 2. The van der Waals surface area contributed by atoms with Gasteiger partial charge in [-0.3, -0.25) is 0 Å². The number of aryl methyl sites for hydroxylation is 1. The van der Waals surface area contributed by atoms with Crippen LogP contribution in [0.1, 0.15) is 31.4 Å². The molecule has 2 unspecified atom stereocenters. The van der Waals surface area contributed by atoms with Gasteiger partial charge in [-0.1, -0.05) is 0 Å². The smallest absolute Gasteiger partial charge is 0.201 e. The van der Waals surface area contributed by atoms with E-state index in [0.717, 1.165) is 24.9 Å². The van der Waals surface area contributed by atoms with E-state index in [4.69, 9.17) is 5.73 Å². The Morgan fingerprint density at radius 3 is 2.85 bits per heavy atom. The third kappa shape index (κ3) is 2.06. The molecule has 1 aliphatic heterocycles. The maximum Gasteiger partial charge on any atom is 0.201 e. The molecule has 2 aromatic rings. The minimum absolute atomic E-state index is 0.223. The second kappa shape index (κ2) is 4.74. The van der Waals surface area contributed by atoms with Crippen LogP contribution in [-0.4, -0.2) is 34.1 Å². The van der Waals surface area contributed by atoms with Crippen LogP contribution in [0.15, 0.2) is 12.1 Å². The van der Waals surface area contributed by atoms with E-state index in [2.05, 4.69) is 28.4 Å². The normalized spacial score (nSPS) is 24.4. The summed E-state index contributed by atoms with van der Waals surface area (Å²) in [5.41, 5.74) is 8.32. The molecule has 1 fully saturated rings. The van der Waals surface area contributed by atoms with Crippen molar-refractivity contribution in [1.82, 2.24) is 14.5 Å². The van der Waals surface area contributed by atoms with Crippen LogP contribution in [0.3, 0.4) is 0 Å². The van der Waals surface area contributed by atoms with Crippen LogP contribution in [0.5, 0.6) is 0 Å². The highest BCUT2D eigenvalue weighted by molar-refractivity contribution is 5.79. The number of benzene rings is 1. The topological polar surface area (TPSA) is 47.1 Å². The van der Waals surface area contributed by atoms with Gasteiger partial charge in [0.1, 0.15) is 5.82 Å². The summed E-state index contributed by atoms with van der Waals surface area (Å²) in [5.74, 6) is 0.269. The molecule has 1 aromatic heterocycles. The third-order valence-electron chi connectivity index (χ3n) is 4.54. The fourth-order valence-corrected chi connectivity index (χ4v) is 3.12. The molecular formula is C15H21FN4. The molecule has 3 rings (SSSR count). The Kier molecular flexibility index (Phi) is 3.17. The highest BCUT2D eigenvalue weighted by Gasteiger charge is 2.26. The van der Waals surface area contributed by atoms with E-state index in [1.807, 2.05) is 6.07 Å². The number of rotatable bonds is 1. The van der Waals surface area contributed by atoms with Gasteiger partial charge in [-0.25, -0.2) is 9.37 Å². The number of anilines is 1. The molecule has 1 saturated heterocycles. The molecule has 0 amide bonds. The summed E-state index contributed by atoms with van der Waals surface area (Å²) in [4.78, 5) is 6.68. The number of likely N-dealkylation sites (tertiary alicyclic amines) is 1. The molecule has 1 aromatic carbocycles. The SMILES string of the molecule is Cc1cc2c(cc1F)nc(N)n2C1CCN(C)C(C)C1. The molecule has 4 nitrogen and oxygen atoms in total. The van der Waals surface area contributed by atoms with Crippen molar-refractivity contribution in [2.75, 3.05) is 19.3 Å². The van der Waals surface area contributed by atoms with Crippen LogP contribution in [0, 0.1) is 12.7 Å². The molecule has 0 radical (unpaired) electrons. The maximum atomic E-state index is 13.6. The first-order valence-corrected chi connectivity index (χ1v) is 7.11. The molecule has 5 heteroatoms. The Labute approximate surface area is 118 Å². The summed E-state index contributed by atoms with van der Waals surface area (Å²) in [6.07, 6.45) is 2.09. The highest BCUT2D eigenvalue weighted by Crippen LogP contribution is 2.32. The Morgan fingerprint density at radius 2 is 2.15 bits per heavy atom. The van der Waals surface area contributed by atoms with Crippen molar-refractivity contribution in [2.24, 2.45) is 0 Å². The van der Waals surface area contributed by atoms with Crippen LogP contribution >= 0.6 is 0 Å². The van der Waals surface area contributed by atoms with Gasteiger partial charge < -0.3 is 15.2 Å². The number of nitrogens with zero attached hydrogens (tertiary/aromatic N) is 3. The first-order chi connectivity index (χ1) is 9.47. The number of fused-ring (bicyclic) bond motifs is 1. The van der Waals surface area contributed by atoms with Gasteiger partial charge in [-0.05, 0) is 45.4 Å². The molecule has 0 bridgehead atoms. The molecule has 0 aliphatic carbocycles. The summed E-state index contributed by atoms with van der Waals surface area (Å²) in [6, 6.07) is 4.20. The average Bonchev–Trinajstić information content (AvgIpc) is 2.69. The zero-order valence-electron chi connectivity index (χ0n) is 12.2. The lowest BCUT2D eigenvalue weighted by molar-refractivity contribution is 0.159. The van der Waals surface area contributed by atoms with E-state index in [1.165, 1.54) is 6.07 Å². The van der Waals surface area contributed by atoms with Crippen LogP contribution in [0.2, 0.25) is 0 Å². The molecule has 2 N–H and O–H groups in total. The number of hydrogen-bond donors (Lipinski definition) is 1. The first-order valence-electron chi connectivity index (χ1n) is 7.11. The quantitative estimate of drug-likeness (QED) is 0.871. The number of nitrogen functional groups attached to an aromatic ring is 1. The van der Waals surface area contributed by atoms with Gasteiger partial charge in [-0.2, -0.15) is 0 Å². The van der Waals surface area contributed by atoms with E-state index < -0.39 is 0 Å². The fraction of sp³-hybridized carbons (Fsp3) is 0.533. The van der Waals surface area contributed by atoms with E-state index >= 15 is 0 Å². The predicted molar refractivity (Wildman–Crippen MR) is 79.2 cm³/mol. The molecule has 20 heavy (non-hydrogen) atoms. The lowest BCUT2D eigenvalue weighted by Crippen LogP contribution is -2.38. The van der Waals surface area contributed by atoms with Gasteiger partial charge >= 0.3 is 0 Å². The standard InChI is InChI=1S/C15H21FN4/c1-9-6-14-13(8-12(9)16)18-15(17)20(14)11-4-5-19(3)10(2)7-11/h6,8,10-11H,4-5,7H2,1-3H3,(H2,17,18). The van der Waals surface area contributed by atoms with Crippen LogP contribution in [0.4, 0.5) is 10.3 Å². The lowest BCUT2D eigenvalue weighted by Gasteiger charge is -2.36. The van der Waals surface area contributed by atoms with E-state index in [9.17, 15) is 4.39 Å². The summed E-state index contributed by atoms with van der Waals surface area (Å²) < 4.78 is 15.7. The van der Waals surface area contributed by atoms with E-state index in [-0.39, 0.29) is 5.82 Å². The van der Waals surface area contributed by atoms with Crippen molar-refractivity contribution >= 4 is 17.0 Å². The first kappa shape index (κ1) is 13.4. The molecule has 2 heterocycles.